The summed E-state index contributed by atoms with van der Waals surface area (Å²) in [5, 5.41) is -0.0102. The van der Waals surface area contributed by atoms with E-state index >= 15 is 0 Å². The lowest BCUT2D eigenvalue weighted by Crippen LogP contribution is -2.02. The van der Waals surface area contributed by atoms with Crippen LogP contribution in [0.2, 0.25) is 0 Å². The standard InChI is InChI=1S/C16H15ClFNO3S/c1-21-12-5-4-11(14(9-12)22-8-6-18)10-23-16-13(15(17)20)3-2-7-19-16/h2-5,7,9H,6,8,10H2,1H3. The normalized spacial score (nSPS) is 10.4. The average Bonchev–Trinajstić information content (AvgIpc) is 2.58. The molecular formula is C16H15ClFNO3S. The van der Waals surface area contributed by atoms with Crippen LogP contribution in [0.3, 0.4) is 0 Å². The molecule has 0 aliphatic carbocycles. The van der Waals surface area contributed by atoms with Crippen molar-refractivity contribution in [1.29, 1.82) is 0 Å². The predicted octanol–water partition coefficient (Wildman–Crippen LogP) is 4.11. The molecule has 1 heterocycles. The molecule has 0 saturated heterocycles. The molecule has 0 atom stereocenters. The molecular weight excluding hydrogens is 341 g/mol. The number of aromatic nitrogens is 1. The highest BCUT2D eigenvalue weighted by molar-refractivity contribution is 7.98. The van der Waals surface area contributed by atoms with Gasteiger partial charge in [0.2, 0.25) is 0 Å². The number of hydrogen-bond acceptors (Lipinski definition) is 5. The monoisotopic (exact) mass is 355 g/mol. The largest absolute Gasteiger partial charge is 0.497 e. The Morgan fingerprint density at radius 2 is 2.22 bits per heavy atom. The lowest BCUT2D eigenvalue weighted by atomic mass is 10.2. The Bertz CT molecular complexity index is 684. The zero-order valence-corrected chi connectivity index (χ0v) is 14.0. The first-order valence-electron chi connectivity index (χ1n) is 6.79. The molecule has 0 unspecified atom stereocenters. The van der Waals surface area contributed by atoms with Crippen LogP contribution in [0, 0.1) is 0 Å². The van der Waals surface area contributed by atoms with Crippen molar-refractivity contribution in [3.05, 3.63) is 47.7 Å². The number of carbonyl (C=O) groups excluding carboxylic acids is 1. The van der Waals surface area contributed by atoms with Gasteiger partial charge >= 0.3 is 0 Å². The fourth-order valence-electron chi connectivity index (χ4n) is 1.87. The van der Waals surface area contributed by atoms with Crippen LogP contribution >= 0.6 is 23.4 Å². The summed E-state index contributed by atoms with van der Waals surface area (Å²) >= 11 is 6.91. The Kier molecular flexibility index (Phi) is 6.67. The second-order valence-electron chi connectivity index (χ2n) is 4.43. The van der Waals surface area contributed by atoms with Gasteiger partial charge in [-0.2, -0.15) is 0 Å². The topological polar surface area (TPSA) is 48.4 Å². The molecule has 23 heavy (non-hydrogen) atoms. The molecule has 0 N–H and O–H groups in total. The molecule has 0 aliphatic heterocycles. The molecule has 0 radical (unpaired) electrons. The summed E-state index contributed by atoms with van der Waals surface area (Å²) in [5.41, 5.74) is 1.21. The zero-order chi connectivity index (χ0) is 16.7. The number of benzene rings is 1. The summed E-state index contributed by atoms with van der Waals surface area (Å²) < 4.78 is 22.9. The van der Waals surface area contributed by atoms with E-state index in [0.29, 0.717) is 27.8 Å². The van der Waals surface area contributed by atoms with Gasteiger partial charge in [0.25, 0.3) is 5.24 Å². The Morgan fingerprint density at radius 3 is 2.91 bits per heavy atom. The van der Waals surface area contributed by atoms with Gasteiger partial charge in [0, 0.05) is 23.6 Å². The smallest absolute Gasteiger partial charge is 0.255 e. The van der Waals surface area contributed by atoms with E-state index in [1.807, 2.05) is 6.07 Å². The minimum absolute atomic E-state index is 0.0279. The van der Waals surface area contributed by atoms with Gasteiger partial charge in [-0.15, -0.1) is 11.8 Å². The first kappa shape index (κ1) is 17.6. The highest BCUT2D eigenvalue weighted by Crippen LogP contribution is 2.31. The summed E-state index contributed by atoms with van der Waals surface area (Å²) in [5.74, 6) is 1.67. The van der Waals surface area contributed by atoms with Crippen LogP contribution in [0.5, 0.6) is 11.5 Å². The quantitative estimate of drug-likeness (QED) is 0.527. The lowest BCUT2D eigenvalue weighted by molar-refractivity contribution is 0.107. The number of ether oxygens (including phenoxy) is 2. The fraction of sp³-hybridized carbons (Fsp3) is 0.250. The maximum absolute atomic E-state index is 12.4. The summed E-state index contributed by atoms with van der Waals surface area (Å²) in [6.07, 6.45) is 1.60. The third-order valence-electron chi connectivity index (χ3n) is 2.96. The van der Waals surface area contributed by atoms with Gasteiger partial charge in [0.15, 0.2) is 0 Å². The van der Waals surface area contributed by atoms with Gasteiger partial charge < -0.3 is 9.47 Å². The number of thioether (sulfide) groups is 1. The number of hydrogen-bond donors (Lipinski definition) is 0. The summed E-state index contributed by atoms with van der Waals surface area (Å²) in [4.78, 5) is 15.6. The second kappa shape index (κ2) is 8.74. The van der Waals surface area contributed by atoms with Gasteiger partial charge in [0.1, 0.15) is 29.8 Å². The van der Waals surface area contributed by atoms with Crippen LogP contribution in [0.15, 0.2) is 41.6 Å². The van der Waals surface area contributed by atoms with Crippen LogP contribution in [0.1, 0.15) is 15.9 Å². The zero-order valence-electron chi connectivity index (χ0n) is 12.4. The van der Waals surface area contributed by atoms with Gasteiger partial charge in [-0.05, 0) is 29.8 Å². The SMILES string of the molecule is COc1ccc(CSc2ncccc2C(=O)Cl)c(OCCF)c1. The van der Waals surface area contributed by atoms with E-state index in [9.17, 15) is 9.18 Å². The van der Waals surface area contributed by atoms with E-state index in [1.54, 1.807) is 37.6 Å². The van der Waals surface area contributed by atoms with Crippen LogP contribution in [-0.4, -0.2) is 30.6 Å². The molecule has 2 aromatic rings. The van der Waals surface area contributed by atoms with Crippen molar-refractivity contribution in [3.8, 4) is 11.5 Å². The van der Waals surface area contributed by atoms with E-state index in [4.69, 9.17) is 21.1 Å². The van der Waals surface area contributed by atoms with Gasteiger partial charge in [-0.3, -0.25) is 4.79 Å². The minimum Gasteiger partial charge on any atom is -0.497 e. The van der Waals surface area contributed by atoms with Crippen molar-refractivity contribution in [2.45, 2.75) is 10.8 Å². The minimum atomic E-state index is -0.574. The van der Waals surface area contributed by atoms with E-state index < -0.39 is 11.9 Å². The molecule has 0 saturated carbocycles. The Balaban J connectivity index is 2.18. The van der Waals surface area contributed by atoms with Crippen molar-refractivity contribution < 1.29 is 18.7 Å². The highest BCUT2D eigenvalue weighted by Gasteiger charge is 2.12. The number of rotatable bonds is 8. The van der Waals surface area contributed by atoms with Crippen molar-refractivity contribution in [1.82, 2.24) is 4.98 Å². The summed E-state index contributed by atoms with van der Waals surface area (Å²) in [6, 6.07) is 8.62. The van der Waals surface area contributed by atoms with E-state index in [2.05, 4.69) is 4.98 Å². The first-order valence-corrected chi connectivity index (χ1v) is 8.15. The predicted molar refractivity (Wildman–Crippen MR) is 88.4 cm³/mol. The molecule has 0 spiro atoms. The maximum atomic E-state index is 12.4. The third kappa shape index (κ3) is 4.84. The molecule has 0 fully saturated rings. The average molecular weight is 356 g/mol. The van der Waals surface area contributed by atoms with Crippen LogP contribution in [-0.2, 0) is 5.75 Å². The molecule has 0 aliphatic rings. The number of nitrogens with zero attached hydrogens (tertiary/aromatic N) is 1. The fourth-order valence-corrected chi connectivity index (χ4v) is 3.06. The second-order valence-corrected chi connectivity index (χ2v) is 5.74. The summed E-state index contributed by atoms with van der Waals surface area (Å²) in [6.45, 7) is -0.602. The first-order chi connectivity index (χ1) is 11.2. The molecule has 1 aromatic heterocycles. The molecule has 0 bridgehead atoms. The lowest BCUT2D eigenvalue weighted by Gasteiger charge is -2.12. The Labute approximate surface area is 143 Å². The van der Waals surface area contributed by atoms with Crippen LogP contribution in [0.4, 0.5) is 4.39 Å². The van der Waals surface area contributed by atoms with Crippen molar-refractivity contribution >= 4 is 28.6 Å². The van der Waals surface area contributed by atoms with Crippen molar-refractivity contribution in [3.63, 3.8) is 0 Å². The molecule has 4 nitrogen and oxygen atoms in total. The molecule has 1 aromatic carbocycles. The van der Waals surface area contributed by atoms with Crippen molar-refractivity contribution in [2.75, 3.05) is 20.4 Å². The van der Waals surface area contributed by atoms with Crippen LogP contribution < -0.4 is 9.47 Å². The number of pyridine rings is 1. The van der Waals surface area contributed by atoms with E-state index in [1.165, 1.54) is 11.8 Å². The molecule has 0 amide bonds. The highest BCUT2D eigenvalue weighted by atomic mass is 35.5. The molecule has 7 heteroatoms. The van der Waals surface area contributed by atoms with E-state index in [0.717, 1.165) is 5.56 Å². The maximum Gasteiger partial charge on any atom is 0.255 e. The van der Waals surface area contributed by atoms with Gasteiger partial charge in [-0.25, -0.2) is 9.37 Å². The number of alkyl halides is 1. The van der Waals surface area contributed by atoms with Crippen LogP contribution in [0.25, 0.3) is 0 Å². The molecule has 2 rings (SSSR count). The number of carbonyl (C=O) groups is 1. The Hall–Kier alpha value is -1.79. The summed E-state index contributed by atoms with van der Waals surface area (Å²) in [7, 11) is 1.55. The third-order valence-corrected chi connectivity index (χ3v) is 4.21. The van der Waals surface area contributed by atoms with Crippen molar-refractivity contribution in [2.24, 2.45) is 0 Å². The Morgan fingerprint density at radius 1 is 1.39 bits per heavy atom. The molecule has 122 valence electrons. The van der Waals surface area contributed by atoms with Gasteiger partial charge in [0.05, 0.1) is 12.7 Å². The van der Waals surface area contributed by atoms with Gasteiger partial charge in [-0.1, -0.05) is 6.07 Å². The van der Waals surface area contributed by atoms with E-state index in [-0.39, 0.29) is 6.61 Å². The number of halogens is 2. The number of methoxy groups -OCH3 is 1.